The van der Waals surface area contributed by atoms with Gasteiger partial charge in [-0.25, -0.2) is 9.18 Å². The van der Waals surface area contributed by atoms with E-state index in [1.165, 1.54) is 6.07 Å². The van der Waals surface area contributed by atoms with Gasteiger partial charge in [0.1, 0.15) is 5.82 Å². The standard InChI is InChI=1S/C12H16FN3O/c1-9-8-10(2-3-11(9)13)15-12(17)16-6-4-14-5-7-16/h2-3,8,14H,4-7H2,1H3,(H,15,17). The van der Waals surface area contributed by atoms with Gasteiger partial charge in [0, 0.05) is 31.9 Å². The lowest BCUT2D eigenvalue weighted by molar-refractivity contribution is 0.204. The van der Waals surface area contributed by atoms with Gasteiger partial charge in [-0.05, 0) is 30.7 Å². The highest BCUT2D eigenvalue weighted by Crippen LogP contribution is 2.14. The van der Waals surface area contributed by atoms with Crippen LogP contribution in [0.1, 0.15) is 5.56 Å². The molecule has 0 saturated carbocycles. The van der Waals surface area contributed by atoms with Crippen molar-refractivity contribution in [1.29, 1.82) is 0 Å². The summed E-state index contributed by atoms with van der Waals surface area (Å²) in [5.74, 6) is -0.259. The number of amides is 2. The van der Waals surface area contributed by atoms with Crippen molar-refractivity contribution in [1.82, 2.24) is 10.2 Å². The quantitative estimate of drug-likeness (QED) is 0.778. The van der Waals surface area contributed by atoms with E-state index in [1.54, 1.807) is 24.0 Å². The Morgan fingerprint density at radius 2 is 2.12 bits per heavy atom. The lowest BCUT2D eigenvalue weighted by atomic mass is 10.2. The van der Waals surface area contributed by atoms with Crippen LogP contribution >= 0.6 is 0 Å². The van der Waals surface area contributed by atoms with E-state index in [-0.39, 0.29) is 11.8 Å². The number of hydrogen-bond acceptors (Lipinski definition) is 2. The number of piperazine rings is 1. The normalized spacial score (nSPS) is 15.8. The van der Waals surface area contributed by atoms with Crippen LogP contribution in [0, 0.1) is 12.7 Å². The number of aryl methyl sites for hydroxylation is 1. The molecule has 0 spiro atoms. The van der Waals surface area contributed by atoms with E-state index in [0.717, 1.165) is 13.1 Å². The summed E-state index contributed by atoms with van der Waals surface area (Å²) in [5, 5.41) is 5.95. The molecule has 0 aliphatic carbocycles. The molecule has 0 bridgehead atoms. The second-order valence-electron chi connectivity index (χ2n) is 4.13. The molecule has 17 heavy (non-hydrogen) atoms. The molecule has 2 N–H and O–H groups in total. The van der Waals surface area contributed by atoms with E-state index in [2.05, 4.69) is 10.6 Å². The molecule has 4 nitrogen and oxygen atoms in total. The molecule has 5 heteroatoms. The van der Waals surface area contributed by atoms with Gasteiger partial charge < -0.3 is 15.5 Å². The number of benzene rings is 1. The predicted octanol–water partition coefficient (Wildman–Crippen LogP) is 1.57. The maximum atomic E-state index is 13.1. The van der Waals surface area contributed by atoms with E-state index >= 15 is 0 Å². The average Bonchev–Trinajstić information content (AvgIpc) is 2.35. The van der Waals surface area contributed by atoms with Gasteiger partial charge in [-0.3, -0.25) is 0 Å². The van der Waals surface area contributed by atoms with Crippen LogP contribution in [0.15, 0.2) is 18.2 Å². The molecule has 1 aliphatic heterocycles. The highest BCUT2D eigenvalue weighted by molar-refractivity contribution is 5.89. The van der Waals surface area contributed by atoms with E-state index in [0.29, 0.717) is 24.3 Å². The van der Waals surface area contributed by atoms with Gasteiger partial charge in [-0.2, -0.15) is 0 Å². The molecule has 0 radical (unpaired) electrons. The molecule has 0 unspecified atom stereocenters. The van der Waals surface area contributed by atoms with Crippen molar-refractivity contribution in [3.8, 4) is 0 Å². The lowest BCUT2D eigenvalue weighted by Crippen LogP contribution is -2.48. The first-order valence-electron chi connectivity index (χ1n) is 5.69. The Labute approximate surface area is 99.8 Å². The van der Waals surface area contributed by atoms with Crippen LogP contribution in [0.2, 0.25) is 0 Å². The summed E-state index contributed by atoms with van der Waals surface area (Å²) in [6.07, 6.45) is 0. The fourth-order valence-electron chi connectivity index (χ4n) is 1.79. The Bertz CT molecular complexity index is 416. The number of anilines is 1. The molecule has 1 saturated heterocycles. The number of nitrogens with one attached hydrogen (secondary N) is 2. The summed E-state index contributed by atoms with van der Waals surface area (Å²) in [6.45, 7) is 4.71. The number of rotatable bonds is 1. The summed E-state index contributed by atoms with van der Waals surface area (Å²) >= 11 is 0. The Balaban J connectivity index is 1.99. The molecule has 92 valence electrons. The summed E-state index contributed by atoms with van der Waals surface area (Å²) in [7, 11) is 0. The number of nitrogens with zero attached hydrogens (tertiary/aromatic N) is 1. The van der Waals surface area contributed by atoms with Gasteiger partial charge in [-0.15, -0.1) is 0 Å². The monoisotopic (exact) mass is 237 g/mol. The van der Waals surface area contributed by atoms with Crippen LogP contribution < -0.4 is 10.6 Å². The maximum absolute atomic E-state index is 13.1. The third-order valence-corrected chi connectivity index (χ3v) is 2.81. The number of carbonyl (C=O) groups is 1. The average molecular weight is 237 g/mol. The molecular weight excluding hydrogens is 221 g/mol. The molecular formula is C12H16FN3O. The minimum absolute atomic E-state index is 0.127. The molecule has 1 aromatic rings. The second-order valence-corrected chi connectivity index (χ2v) is 4.13. The third-order valence-electron chi connectivity index (χ3n) is 2.81. The number of carbonyl (C=O) groups excluding carboxylic acids is 1. The topological polar surface area (TPSA) is 44.4 Å². The highest BCUT2D eigenvalue weighted by Gasteiger charge is 2.16. The Morgan fingerprint density at radius 3 is 2.76 bits per heavy atom. The Morgan fingerprint density at radius 1 is 1.41 bits per heavy atom. The van der Waals surface area contributed by atoms with Crippen LogP contribution in [-0.2, 0) is 0 Å². The number of halogens is 1. The minimum Gasteiger partial charge on any atom is -0.322 e. The van der Waals surface area contributed by atoms with E-state index in [1.807, 2.05) is 0 Å². The van der Waals surface area contributed by atoms with Gasteiger partial charge in [-0.1, -0.05) is 0 Å². The molecule has 1 fully saturated rings. The second kappa shape index (κ2) is 5.14. The van der Waals surface area contributed by atoms with E-state index in [9.17, 15) is 9.18 Å². The third kappa shape index (κ3) is 2.94. The fourth-order valence-corrected chi connectivity index (χ4v) is 1.79. The fraction of sp³-hybridized carbons (Fsp3) is 0.417. The van der Waals surface area contributed by atoms with Gasteiger partial charge in [0.2, 0.25) is 0 Å². The minimum atomic E-state index is -0.259. The molecule has 2 rings (SSSR count). The molecule has 1 aliphatic rings. The van der Waals surface area contributed by atoms with Gasteiger partial charge in [0.25, 0.3) is 0 Å². The van der Waals surface area contributed by atoms with Crippen molar-refractivity contribution in [2.45, 2.75) is 6.92 Å². The number of urea groups is 1. The predicted molar refractivity (Wildman–Crippen MR) is 64.6 cm³/mol. The first kappa shape index (κ1) is 11.9. The molecule has 1 heterocycles. The summed E-state index contributed by atoms with van der Waals surface area (Å²) < 4.78 is 13.1. The van der Waals surface area contributed by atoms with Crippen molar-refractivity contribution < 1.29 is 9.18 Å². The van der Waals surface area contributed by atoms with Crippen LogP contribution in [0.25, 0.3) is 0 Å². The Kier molecular flexibility index (Phi) is 3.58. The van der Waals surface area contributed by atoms with Gasteiger partial charge in [0.15, 0.2) is 0 Å². The van der Waals surface area contributed by atoms with Crippen molar-refractivity contribution >= 4 is 11.7 Å². The van der Waals surface area contributed by atoms with Crippen LogP contribution in [-0.4, -0.2) is 37.1 Å². The zero-order valence-electron chi connectivity index (χ0n) is 9.79. The van der Waals surface area contributed by atoms with Gasteiger partial charge in [0.05, 0.1) is 0 Å². The van der Waals surface area contributed by atoms with Gasteiger partial charge >= 0.3 is 6.03 Å². The molecule has 1 aromatic carbocycles. The van der Waals surface area contributed by atoms with Crippen molar-refractivity contribution in [2.24, 2.45) is 0 Å². The van der Waals surface area contributed by atoms with Crippen LogP contribution in [0.3, 0.4) is 0 Å². The summed E-state index contributed by atoms with van der Waals surface area (Å²) in [5.41, 5.74) is 1.16. The molecule has 2 amide bonds. The smallest absolute Gasteiger partial charge is 0.321 e. The largest absolute Gasteiger partial charge is 0.322 e. The number of hydrogen-bond donors (Lipinski definition) is 2. The maximum Gasteiger partial charge on any atom is 0.321 e. The van der Waals surface area contributed by atoms with Crippen LogP contribution in [0.4, 0.5) is 14.9 Å². The summed E-state index contributed by atoms with van der Waals surface area (Å²) in [4.78, 5) is 13.6. The highest BCUT2D eigenvalue weighted by atomic mass is 19.1. The summed E-state index contributed by atoms with van der Waals surface area (Å²) in [6, 6.07) is 4.44. The Hall–Kier alpha value is -1.62. The van der Waals surface area contributed by atoms with E-state index < -0.39 is 0 Å². The van der Waals surface area contributed by atoms with E-state index in [4.69, 9.17) is 0 Å². The first-order valence-corrected chi connectivity index (χ1v) is 5.69. The molecule has 0 aromatic heterocycles. The van der Waals surface area contributed by atoms with Crippen molar-refractivity contribution in [3.63, 3.8) is 0 Å². The van der Waals surface area contributed by atoms with Crippen molar-refractivity contribution in [3.05, 3.63) is 29.6 Å². The zero-order valence-corrected chi connectivity index (χ0v) is 9.79. The first-order chi connectivity index (χ1) is 8.16. The molecule has 0 atom stereocenters. The lowest BCUT2D eigenvalue weighted by Gasteiger charge is -2.27. The SMILES string of the molecule is Cc1cc(NC(=O)N2CCNCC2)ccc1F. The zero-order chi connectivity index (χ0) is 12.3. The van der Waals surface area contributed by atoms with Crippen molar-refractivity contribution in [2.75, 3.05) is 31.5 Å². The van der Waals surface area contributed by atoms with Crippen LogP contribution in [0.5, 0.6) is 0 Å².